The molecule has 5 heteroatoms. The van der Waals surface area contributed by atoms with Gasteiger partial charge < -0.3 is 23.0 Å². The van der Waals surface area contributed by atoms with Crippen LogP contribution in [0, 0.1) is 0 Å². The first-order valence-electron chi connectivity index (χ1n) is 17.8. The summed E-state index contributed by atoms with van der Waals surface area (Å²) in [6, 6.07) is 59.5. The summed E-state index contributed by atoms with van der Waals surface area (Å²) in [5.41, 5.74) is 12.1. The first-order chi connectivity index (χ1) is 26.3. The number of rotatable bonds is 4. The Balaban J connectivity index is 1.04. The molecular weight excluding hydrogens is 653 g/mol. The predicted octanol–water partition coefficient (Wildman–Crippen LogP) is 13.8. The fourth-order valence-electron chi connectivity index (χ4n) is 8.43. The zero-order valence-corrected chi connectivity index (χ0v) is 28.3. The van der Waals surface area contributed by atoms with E-state index in [9.17, 15) is 0 Å². The molecule has 0 aliphatic carbocycles. The molecule has 248 valence electrons. The van der Waals surface area contributed by atoms with Crippen molar-refractivity contribution in [2.45, 2.75) is 0 Å². The van der Waals surface area contributed by atoms with Crippen molar-refractivity contribution in [2.24, 2.45) is 0 Å². The van der Waals surface area contributed by atoms with Crippen LogP contribution in [0.2, 0.25) is 0 Å². The number of nitrogens with zero attached hydrogens (tertiary/aromatic N) is 2. The van der Waals surface area contributed by atoms with Crippen molar-refractivity contribution in [3.05, 3.63) is 170 Å². The van der Waals surface area contributed by atoms with E-state index < -0.39 is 0 Å². The van der Waals surface area contributed by atoms with Crippen LogP contribution >= 0.6 is 0 Å². The number of fused-ring (bicyclic) bond motifs is 11. The van der Waals surface area contributed by atoms with Gasteiger partial charge in [0.25, 0.3) is 0 Å². The number of ether oxygens (including phenoxy) is 1. The standard InChI is InChI=1S/C48H28N2O3/c1-4-15-41-34(9-1)36-25-23-31(27-45(36)51-41)49(32-24-26-37-35-10-2-5-16-42(35)52-46(37)28-32)30-21-19-29(20-22-30)33-11-7-12-38-39-13-8-18-44-48(39)50(47(33)38)40-14-3-6-17-43(40)53-44/h1-28H. The molecule has 0 amide bonds. The molecular formula is C48H28N2O3. The maximum absolute atomic E-state index is 6.40. The van der Waals surface area contributed by atoms with Crippen molar-refractivity contribution in [1.29, 1.82) is 0 Å². The van der Waals surface area contributed by atoms with Crippen molar-refractivity contribution in [2.75, 3.05) is 4.90 Å². The third kappa shape index (κ3) is 4.07. The Bertz CT molecular complexity index is 3160. The summed E-state index contributed by atoms with van der Waals surface area (Å²) in [6.07, 6.45) is 0. The lowest BCUT2D eigenvalue weighted by molar-refractivity contribution is 0.476. The highest BCUT2D eigenvalue weighted by Crippen LogP contribution is 2.48. The molecule has 3 aromatic heterocycles. The van der Waals surface area contributed by atoms with Gasteiger partial charge in [-0.25, -0.2) is 0 Å². The van der Waals surface area contributed by atoms with Crippen LogP contribution in [0.3, 0.4) is 0 Å². The number of aromatic nitrogens is 1. The van der Waals surface area contributed by atoms with E-state index in [1.807, 2.05) is 36.4 Å². The fraction of sp³-hybridized carbons (Fsp3) is 0. The van der Waals surface area contributed by atoms with Gasteiger partial charge in [0.05, 0.1) is 16.7 Å². The third-order valence-electron chi connectivity index (χ3n) is 10.8. The van der Waals surface area contributed by atoms with Gasteiger partial charge in [0, 0.05) is 67.1 Å². The number of hydrogen-bond donors (Lipinski definition) is 0. The molecule has 0 radical (unpaired) electrons. The van der Waals surface area contributed by atoms with E-state index in [0.717, 1.165) is 94.8 Å². The highest BCUT2D eigenvalue weighted by atomic mass is 16.5. The number of hydrogen-bond acceptors (Lipinski definition) is 4. The third-order valence-corrected chi connectivity index (χ3v) is 10.8. The molecule has 5 nitrogen and oxygen atoms in total. The fourth-order valence-corrected chi connectivity index (χ4v) is 8.43. The van der Waals surface area contributed by atoms with E-state index in [-0.39, 0.29) is 0 Å². The Labute approximate surface area is 303 Å². The predicted molar refractivity (Wildman–Crippen MR) is 216 cm³/mol. The van der Waals surface area contributed by atoms with Crippen molar-refractivity contribution in [3.63, 3.8) is 0 Å². The lowest BCUT2D eigenvalue weighted by Gasteiger charge is -2.26. The average molecular weight is 681 g/mol. The quantitative estimate of drug-likeness (QED) is 0.186. The molecule has 53 heavy (non-hydrogen) atoms. The van der Waals surface area contributed by atoms with E-state index in [1.165, 1.54) is 16.3 Å². The smallest absolute Gasteiger partial charge is 0.152 e. The summed E-state index contributed by atoms with van der Waals surface area (Å²) >= 11 is 0. The molecule has 4 heterocycles. The molecule has 0 bridgehead atoms. The normalized spacial score (nSPS) is 12.3. The summed E-state index contributed by atoms with van der Waals surface area (Å²) in [6.45, 7) is 0. The number of benzene rings is 8. The van der Waals surface area contributed by atoms with Crippen LogP contribution in [0.4, 0.5) is 17.1 Å². The molecule has 0 spiro atoms. The van der Waals surface area contributed by atoms with Gasteiger partial charge in [-0.2, -0.15) is 0 Å². The van der Waals surface area contributed by atoms with Gasteiger partial charge in [-0.1, -0.05) is 91.0 Å². The number of furan rings is 2. The Morgan fingerprint density at radius 3 is 1.60 bits per heavy atom. The second-order valence-corrected chi connectivity index (χ2v) is 13.7. The summed E-state index contributed by atoms with van der Waals surface area (Å²) in [5.74, 6) is 1.73. The van der Waals surface area contributed by atoms with E-state index >= 15 is 0 Å². The number of para-hydroxylation sites is 6. The molecule has 11 aromatic rings. The first kappa shape index (κ1) is 28.5. The Hall–Kier alpha value is -7.24. The first-order valence-corrected chi connectivity index (χ1v) is 17.8. The minimum absolute atomic E-state index is 0.847. The van der Waals surface area contributed by atoms with Gasteiger partial charge in [0.1, 0.15) is 22.3 Å². The highest BCUT2D eigenvalue weighted by Gasteiger charge is 2.25. The van der Waals surface area contributed by atoms with Gasteiger partial charge in [-0.15, -0.1) is 0 Å². The molecule has 0 saturated carbocycles. The molecule has 0 unspecified atom stereocenters. The SMILES string of the molecule is c1ccc2c(c1)Oc1cccc3c4cccc(-c5ccc(N(c6ccc7c(c6)oc6ccccc67)c6ccc7c(c6)oc6ccccc67)cc5)c4n-2c13. The molecule has 0 fully saturated rings. The van der Waals surface area contributed by atoms with Crippen LogP contribution in [0.5, 0.6) is 11.5 Å². The van der Waals surface area contributed by atoms with E-state index in [2.05, 4.69) is 143 Å². The maximum atomic E-state index is 6.40. The van der Waals surface area contributed by atoms with Gasteiger partial charge >= 0.3 is 0 Å². The van der Waals surface area contributed by atoms with E-state index in [0.29, 0.717) is 0 Å². The topological polar surface area (TPSA) is 43.7 Å². The van der Waals surface area contributed by atoms with Gasteiger partial charge in [-0.3, -0.25) is 0 Å². The maximum Gasteiger partial charge on any atom is 0.152 e. The Kier molecular flexibility index (Phi) is 5.71. The van der Waals surface area contributed by atoms with Gasteiger partial charge in [0.15, 0.2) is 11.5 Å². The van der Waals surface area contributed by atoms with Crippen molar-refractivity contribution < 1.29 is 13.6 Å². The summed E-state index contributed by atoms with van der Waals surface area (Å²) in [7, 11) is 0. The minimum Gasteiger partial charge on any atom is -0.456 e. The summed E-state index contributed by atoms with van der Waals surface area (Å²) in [5, 5.41) is 6.79. The van der Waals surface area contributed by atoms with Crippen molar-refractivity contribution >= 4 is 82.7 Å². The molecule has 0 atom stereocenters. The largest absolute Gasteiger partial charge is 0.456 e. The second-order valence-electron chi connectivity index (χ2n) is 13.7. The van der Waals surface area contributed by atoms with Crippen molar-refractivity contribution in [1.82, 2.24) is 4.57 Å². The molecule has 0 saturated heterocycles. The van der Waals surface area contributed by atoms with Crippen LogP contribution in [-0.4, -0.2) is 4.57 Å². The Morgan fingerprint density at radius 1 is 0.377 bits per heavy atom. The molecule has 12 rings (SSSR count). The molecule has 1 aliphatic rings. The van der Waals surface area contributed by atoms with Crippen LogP contribution in [0.15, 0.2) is 179 Å². The monoisotopic (exact) mass is 680 g/mol. The zero-order chi connectivity index (χ0) is 34.6. The lowest BCUT2D eigenvalue weighted by Crippen LogP contribution is -2.09. The van der Waals surface area contributed by atoms with Gasteiger partial charge in [0.2, 0.25) is 0 Å². The summed E-state index contributed by atoms with van der Waals surface area (Å²) < 4.78 is 21.5. The van der Waals surface area contributed by atoms with E-state index in [4.69, 9.17) is 13.6 Å². The van der Waals surface area contributed by atoms with Crippen LogP contribution in [0.1, 0.15) is 0 Å². The van der Waals surface area contributed by atoms with Crippen LogP contribution in [0.25, 0.3) is 82.5 Å². The lowest BCUT2D eigenvalue weighted by atomic mass is 10.0. The van der Waals surface area contributed by atoms with Crippen LogP contribution < -0.4 is 9.64 Å². The molecule has 1 aliphatic heterocycles. The highest BCUT2D eigenvalue weighted by molar-refractivity contribution is 6.16. The molecule has 0 N–H and O–H groups in total. The van der Waals surface area contributed by atoms with Crippen LogP contribution in [-0.2, 0) is 0 Å². The van der Waals surface area contributed by atoms with Gasteiger partial charge in [-0.05, 0) is 72.3 Å². The zero-order valence-electron chi connectivity index (χ0n) is 28.3. The Morgan fingerprint density at radius 2 is 0.906 bits per heavy atom. The minimum atomic E-state index is 0.847. The van der Waals surface area contributed by atoms with Crippen molar-refractivity contribution in [3.8, 4) is 28.3 Å². The summed E-state index contributed by atoms with van der Waals surface area (Å²) in [4.78, 5) is 2.28. The van der Waals surface area contributed by atoms with E-state index in [1.54, 1.807) is 0 Å². The average Bonchev–Trinajstić information content (AvgIpc) is 3.88. The number of anilines is 3. The second kappa shape index (κ2) is 10.6. The molecule has 8 aromatic carbocycles.